The van der Waals surface area contributed by atoms with Gasteiger partial charge in [-0.2, -0.15) is 8.78 Å². The summed E-state index contributed by atoms with van der Waals surface area (Å²) >= 11 is 0. The fourth-order valence-electron chi connectivity index (χ4n) is 2.26. The Balaban J connectivity index is 2.31. The molecule has 3 nitrogen and oxygen atoms in total. The van der Waals surface area contributed by atoms with E-state index >= 15 is 0 Å². The van der Waals surface area contributed by atoms with Gasteiger partial charge in [-0.3, -0.25) is 9.59 Å². The van der Waals surface area contributed by atoms with Crippen LogP contribution in [-0.4, -0.2) is 23.2 Å². The summed E-state index contributed by atoms with van der Waals surface area (Å²) in [5.74, 6) is -6.46. The third kappa shape index (κ3) is 1.07. The molecule has 5 heteroatoms. The van der Waals surface area contributed by atoms with Gasteiger partial charge in [-0.25, -0.2) is 0 Å². The average Bonchev–Trinajstić information content (AvgIpc) is 2.31. The number of amides is 1. The molecule has 1 N–H and O–H groups in total. The van der Waals surface area contributed by atoms with Crippen LogP contribution in [0.5, 0.6) is 0 Å². The number of halogens is 2. The van der Waals surface area contributed by atoms with E-state index in [1.54, 1.807) is 0 Å². The molecule has 0 aromatic heterocycles. The van der Waals surface area contributed by atoms with E-state index in [0.29, 0.717) is 12.8 Å². The molecule has 1 heterocycles. The van der Waals surface area contributed by atoms with Gasteiger partial charge < -0.3 is 5.32 Å². The van der Waals surface area contributed by atoms with Gasteiger partial charge in [0.1, 0.15) is 5.54 Å². The number of rotatable bonds is 0. The highest BCUT2D eigenvalue weighted by Crippen LogP contribution is 2.39. The quantitative estimate of drug-likeness (QED) is 0.597. The molecule has 1 aliphatic carbocycles. The molecule has 2 fully saturated rings. The maximum Gasteiger partial charge on any atom is 0.383 e. The van der Waals surface area contributed by atoms with E-state index in [2.05, 4.69) is 5.32 Å². The molecule has 0 aromatic carbocycles. The lowest BCUT2D eigenvalue weighted by Crippen LogP contribution is -2.48. The Morgan fingerprint density at radius 3 is 2.07 bits per heavy atom. The van der Waals surface area contributed by atoms with E-state index in [-0.39, 0.29) is 0 Å². The van der Waals surface area contributed by atoms with Gasteiger partial charge in [-0.15, -0.1) is 0 Å². The Morgan fingerprint density at radius 1 is 1.07 bits per heavy atom. The number of hydrogen-bond acceptors (Lipinski definition) is 2. The second kappa shape index (κ2) is 2.74. The zero-order chi connectivity index (χ0) is 10.4. The van der Waals surface area contributed by atoms with E-state index in [1.165, 1.54) is 0 Å². The molecule has 1 spiro atoms. The average molecular weight is 203 g/mol. The van der Waals surface area contributed by atoms with Crippen molar-refractivity contribution in [2.75, 3.05) is 0 Å². The Morgan fingerprint density at radius 2 is 1.64 bits per heavy atom. The second-order valence-electron chi connectivity index (χ2n) is 4.00. The minimum absolute atomic E-state index is 0.354. The SMILES string of the molecule is O=C1NC2(CCCCC2)C(=O)C1(F)F. The minimum Gasteiger partial charge on any atom is -0.338 e. The van der Waals surface area contributed by atoms with Crippen LogP contribution in [0.3, 0.4) is 0 Å². The molecule has 1 saturated heterocycles. The number of alkyl halides is 2. The molecule has 0 unspecified atom stereocenters. The van der Waals surface area contributed by atoms with Crippen LogP contribution in [-0.2, 0) is 9.59 Å². The van der Waals surface area contributed by atoms with E-state index < -0.39 is 23.2 Å². The van der Waals surface area contributed by atoms with E-state index in [0.717, 1.165) is 19.3 Å². The highest BCUT2D eigenvalue weighted by Gasteiger charge is 2.64. The first-order chi connectivity index (χ1) is 6.49. The molecule has 0 radical (unpaired) electrons. The monoisotopic (exact) mass is 203 g/mol. The van der Waals surface area contributed by atoms with Gasteiger partial charge >= 0.3 is 5.92 Å². The zero-order valence-electron chi connectivity index (χ0n) is 7.61. The van der Waals surface area contributed by atoms with Crippen LogP contribution in [0.2, 0.25) is 0 Å². The van der Waals surface area contributed by atoms with Gasteiger partial charge in [0.25, 0.3) is 5.91 Å². The summed E-state index contributed by atoms with van der Waals surface area (Å²) in [6, 6.07) is 0. The first kappa shape index (κ1) is 9.55. The number of ketones is 1. The molecule has 1 saturated carbocycles. The van der Waals surface area contributed by atoms with Crippen molar-refractivity contribution in [2.45, 2.75) is 43.6 Å². The molecule has 0 aromatic rings. The van der Waals surface area contributed by atoms with Crippen molar-refractivity contribution >= 4 is 11.7 Å². The fourth-order valence-corrected chi connectivity index (χ4v) is 2.26. The van der Waals surface area contributed by atoms with Gasteiger partial charge in [0.15, 0.2) is 0 Å². The predicted molar refractivity (Wildman–Crippen MR) is 43.9 cm³/mol. The normalized spacial score (nSPS) is 29.3. The lowest BCUT2D eigenvalue weighted by atomic mass is 9.79. The van der Waals surface area contributed by atoms with E-state index in [4.69, 9.17) is 0 Å². The summed E-state index contributed by atoms with van der Waals surface area (Å²) in [4.78, 5) is 22.3. The summed E-state index contributed by atoms with van der Waals surface area (Å²) < 4.78 is 26.0. The highest BCUT2D eigenvalue weighted by molar-refractivity contribution is 6.18. The first-order valence-corrected chi connectivity index (χ1v) is 4.74. The van der Waals surface area contributed by atoms with Crippen molar-refractivity contribution in [1.82, 2.24) is 5.32 Å². The standard InChI is InChI=1S/C9H11F2NO2/c10-9(11)6(13)8(12-7(9)14)4-2-1-3-5-8/h1-5H2,(H,12,14). The van der Waals surface area contributed by atoms with Crippen LogP contribution in [0, 0.1) is 0 Å². The molecular weight excluding hydrogens is 192 g/mol. The van der Waals surface area contributed by atoms with Crippen LogP contribution < -0.4 is 5.32 Å². The van der Waals surface area contributed by atoms with Crippen molar-refractivity contribution < 1.29 is 18.4 Å². The summed E-state index contributed by atoms with van der Waals surface area (Å²) in [5.41, 5.74) is -1.25. The molecule has 78 valence electrons. The molecule has 0 atom stereocenters. The molecular formula is C9H11F2NO2. The highest BCUT2D eigenvalue weighted by atomic mass is 19.3. The topological polar surface area (TPSA) is 46.2 Å². The molecule has 2 aliphatic rings. The summed E-state index contributed by atoms with van der Waals surface area (Å²) in [5, 5.41) is 2.17. The van der Waals surface area contributed by atoms with Gasteiger partial charge in [0.05, 0.1) is 0 Å². The van der Waals surface area contributed by atoms with E-state index in [1.807, 2.05) is 0 Å². The maximum atomic E-state index is 13.0. The van der Waals surface area contributed by atoms with Crippen molar-refractivity contribution in [3.8, 4) is 0 Å². The molecule has 14 heavy (non-hydrogen) atoms. The van der Waals surface area contributed by atoms with Crippen molar-refractivity contribution in [1.29, 1.82) is 0 Å². The summed E-state index contributed by atoms with van der Waals surface area (Å²) in [6.07, 6.45) is 3.10. The summed E-state index contributed by atoms with van der Waals surface area (Å²) in [7, 11) is 0. The Labute approximate surface area is 79.9 Å². The van der Waals surface area contributed by atoms with Crippen molar-refractivity contribution in [3.63, 3.8) is 0 Å². The van der Waals surface area contributed by atoms with Crippen LogP contribution in [0.4, 0.5) is 8.78 Å². The predicted octanol–water partition coefficient (Wildman–Crippen LogP) is 1.02. The van der Waals surface area contributed by atoms with Crippen LogP contribution in [0.1, 0.15) is 32.1 Å². The lowest BCUT2D eigenvalue weighted by Gasteiger charge is -2.30. The maximum absolute atomic E-state index is 13.0. The fraction of sp³-hybridized carbons (Fsp3) is 0.778. The molecule has 2 rings (SSSR count). The number of nitrogens with one attached hydrogen (secondary N) is 1. The molecule has 1 amide bonds. The number of Topliss-reactive ketones (excluding diaryl/α,β-unsaturated/α-hetero) is 1. The van der Waals surface area contributed by atoms with Gasteiger partial charge in [-0.05, 0) is 12.8 Å². The first-order valence-electron chi connectivity index (χ1n) is 4.74. The van der Waals surface area contributed by atoms with Crippen molar-refractivity contribution in [2.24, 2.45) is 0 Å². The minimum atomic E-state index is -3.81. The van der Waals surface area contributed by atoms with Gasteiger partial charge in [0.2, 0.25) is 5.78 Å². The van der Waals surface area contributed by atoms with Crippen LogP contribution in [0.15, 0.2) is 0 Å². The zero-order valence-corrected chi connectivity index (χ0v) is 7.61. The number of carbonyl (C=O) groups excluding carboxylic acids is 2. The smallest absolute Gasteiger partial charge is 0.338 e. The van der Waals surface area contributed by atoms with Crippen molar-refractivity contribution in [3.05, 3.63) is 0 Å². The Hall–Kier alpha value is -1.00. The van der Waals surface area contributed by atoms with E-state index in [9.17, 15) is 18.4 Å². The number of carbonyl (C=O) groups is 2. The van der Waals surface area contributed by atoms with Crippen LogP contribution >= 0.6 is 0 Å². The van der Waals surface area contributed by atoms with Gasteiger partial charge in [-0.1, -0.05) is 19.3 Å². The molecule has 0 bridgehead atoms. The van der Waals surface area contributed by atoms with Crippen LogP contribution in [0.25, 0.3) is 0 Å². The largest absolute Gasteiger partial charge is 0.383 e. The summed E-state index contributed by atoms with van der Waals surface area (Å²) in [6.45, 7) is 0. The second-order valence-corrected chi connectivity index (χ2v) is 4.00. The molecule has 1 aliphatic heterocycles. The number of hydrogen-bond donors (Lipinski definition) is 1. The third-order valence-electron chi connectivity index (χ3n) is 3.06. The Bertz CT molecular complexity index is 295. The van der Waals surface area contributed by atoms with Gasteiger partial charge in [0, 0.05) is 0 Å². The third-order valence-corrected chi connectivity index (χ3v) is 3.06. The lowest BCUT2D eigenvalue weighted by molar-refractivity contribution is -0.151. The Kier molecular flexibility index (Phi) is 1.87.